The lowest BCUT2D eigenvalue weighted by molar-refractivity contribution is -0.0669. The van der Waals surface area contributed by atoms with Gasteiger partial charge in [-0.3, -0.25) is 4.57 Å². The van der Waals surface area contributed by atoms with E-state index in [0.717, 1.165) is 0 Å². The minimum atomic E-state index is -1.26. The Balaban J connectivity index is 1.39. The van der Waals surface area contributed by atoms with Gasteiger partial charge in [0.1, 0.15) is 35.8 Å². The fourth-order valence-electron chi connectivity index (χ4n) is 3.67. The number of hydrogen-bond acceptors (Lipinski definition) is 9. The minimum absolute atomic E-state index is 0.201. The molecule has 28 heavy (non-hydrogen) atoms. The van der Waals surface area contributed by atoms with Crippen LogP contribution in [0, 0.1) is 0 Å². The first-order valence-corrected chi connectivity index (χ1v) is 8.74. The van der Waals surface area contributed by atoms with Crippen molar-refractivity contribution < 1.29 is 24.5 Å². The van der Waals surface area contributed by atoms with Crippen LogP contribution in [-0.2, 0) is 9.47 Å². The summed E-state index contributed by atoms with van der Waals surface area (Å²) in [5.41, 5.74) is 5.78. The molecule has 10 nitrogen and oxygen atoms in total. The molecule has 1 aliphatic carbocycles. The molecule has 2 fully saturated rings. The summed E-state index contributed by atoms with van der Waals surface area (Å²) in [7, 11) is 0. The van der Waals surface area contributed by atoms with Crippen LogP contribution >= 0.6 is 0 Å². The lowest BCUT2D eigenvalue weighted by atomic mass is 10.1. The Morgan fingerprint density at radius 1 is 1.25 bits per heavy atom. The van der Waals surface area contributed by atoms with Gasteiger partial charge in [-0.2, -0.15) is 0 Å². The van der Waals surface area contributed by atoms with Crippen LogP contribution in [-0.4, -0.2) is 59.6 Å². The predicted molar refractivity (Wildman–Crippen MR) is 94.9 cm³/mol. The summed E-state index contributed by atoms with van der Waals surface area (Å²) in [6.45, 7) is 0. The minimum Gasteiger partial charge on any atom is -0.455 e. The van der Waals surface area contributed by atoms with Gasteiger partial charge in [0.05, 0.1) is 11.9 Å². The maximum absolute atomic E-state index is 12.3. The van der Waals surface area contributed by atoms with Crippen LogP contribution in [0.4, 0.5) is 5.82 Å². The van der Waals surface area contributed by atoms with Crippen molar-refractivity contribution in [1.29, 1.82) is 0 Å². The lowest BCUT2D eigenvalue weighted by Gasteiger charge is -2.16. The Kier molecular flexibility index (Phi) is 3.63. The molecule has 0 bridgehead atoms. The number of carbonyl (C=O) groups is 1. The van der Waals surface area contributed by atoms with E-state index >= 15 is 0 Å². The smallest absolute Gasteiger partial charge is 0.338 e. The number of aromatic nitrogens is 4. The number of nitrogens with zero attached hydrogens (tertiary/aromatic N) is 4. The van der Waals surface area contributed by atoms with Crippen molar-refractivity contribution in [2.24, 2.45) is 0 Å². The van der Waals surface area contributed by atoms with Crippen molar-refractivity contribution in [2.45, 2.75) is 36.6 Å². The number of carbonyl (C=O) groups excluding carboxylic acids is 1. The molecule has 1 saturated heterocycles. The first kappa shape index (κ1) is 17.0. The highest BCUT2D eigenvalue weighted by Crippen LogP contribution is 2.54. The van der Waals surface area contributed by atoms with Gasteiger partial charge in [-0.15, -0.1) is 0 Å². The molecule has 2 aromatic heterocycles. The first-order chi connectivity index (χ1) is 13.5. The van der Waals surface area contributed by atoms with E-state index in [2.05, 4.69) is 15.0 Å². The van der Waals surface area contributed by atoms with E-state index in [1.165, 1.54) is 17.2 Å². The summed E-state index contributed by atoms with van der Waals surface area (Å²) in [5, 5.41) is 21.1. The Labute approximate surface area is 158 Å². The highest BCUT2D eigenvalue weighted by Gasteiger charge is 2.71. The van der Waals surface area contributed by atoms with Gasteiger partial charge < -0.3 is 25.4 Å². The van der Waals surface area contributed by atoms with Gasteiger partial charge in [0.2, 0.25) is 0 Å². The molecule has 1 spiro atoms. The average molecular weight is 383 g/mol. The number of benzene rings is 1. The van der Waals surface area contributed by atoms with E-state index in [0.29, 0.717) is 16.7 Å². The number of nitrogen functional groups attached to an aromatic ring is 1. The molecule has 2 unspecified atom stereocenters. The summed E-state index contributed by atoms with van der Waals surface area (Å²) in [4.78, 5) is 24.4. The second-order valence-corrected chi connectivity index (χ2v) is 6.95. The first-order valence-electron chi connectivity index (χ1n) is 8.74. The molecule has 5 rings (SSSR count). The van der Waals surface area contributed by atoms with Gasteiger partial charge in [0.25, 0.3) is 0 Å². The zero-order valence-electron chi connectivity index (χ0n) is 14.5. The van der Waals surface area contributed by atoms with Crippen LogP contribution in [0.5, 0.6) is 0 Å². The summed E-state index contributed by atoms with van der Waals surface area (Å²) >= 11 is 0. The van der Waals surface area contributed by atoms with Gasteiger partial charge in [-0.1, -0.05) is 18.2 Å². The highest BCUT2D eigenvalue weighted by atomic mass is 16.6. The number of anilines is 1. The number of hydrogen-bond donors (Lipinski definition) is 3. The van der Waals surface area contributed by atoms with Gasteiger partial charge >= 0.3 is 5.97 Å². The quantitative estimate of drug-likeness (QED) is 0.533. The zero-order chi connectivity index (χ0) is 19.5. The van der Waals surface area contributed by atoms with Crippen LogP contribution in [0.3, 0.4) is 0 Å². The number of imidazole rings is 1. The molecule has 0 radical (unpaired) electrons. The molecule has 1 aliphatic heterocycles. The molecular formula is C18H17N5O5. The van der Waals surface area contributed by atoms with Crippen LogP contribution in [0.25, 0.3) is 11.2 Å². The van der Waals surface area contributed by atoms with Crippen LogP contribution in [0.2, 0.25) is 0 Å². The Bertz CT molecular complexity index is 1060. The van der Waals surface area contributed by atoms with Crippen LogP contribution in [0.15, 0.2) is 43.0 Å². The van der Waals surface area contributed by atoms with Crippen LogP contribution < -0.4 is 5.73 Å². The van der Waals surface area contributed by atoms with Crippen molar-refractivity contribution in [1.82, 2.24) is 19.5 Å². The third-order valence-electron chi connectivity index (χ3n) is 5.27. The number of esters is 1. The molecule has 3 aromatic rings. The average Bonchev–Trinajstić information content (AvgIpc) is 3.10. The summed E-state index contributed by atoms with van der Waals surface area (Å²) in [6, 6.07) is 8.55. The summed E-state index contributed by atoms with van der Waals surface area (Å²) in [5.74, 6) is -0.308. The molecule has 10 heteroatoms. The summed E-state index contributed by atoms with van der Waals surface area (Å²) < 4.78 is 12.9. The van der Waals surface area contributed by atoms with Gasteiger partial charge in [0, 0.05) is 6.42 Å². The Morgan fingerprint density at radius 3 is 2.82 bits per heavy atom. The highest BCUT2D eigenvalue weighted by molar-refractivity contribution is 5.89. The number of fused-ring (bicyclic) bond motifs is 1. The van der Waals surface area contributed by atoms with Gasteiger partial charge in [0.15, 0.2) is 17.7 Å². The van der Waals surface area contributed by atoms with Crippen molar-refractivity contribution in [3.63, 3.8) is 0 Å². The normalized spacial score (nSPS) is 31.4. The Hall–Kier alpha value is -3.08. The van der Waals surface area contributed by atoms with Crippen LogP contribution in [0.1, 0.15) is 23.0 Å². The molecule has 3 heterocycles. The third-order valence-corrected chi connectivity index (χ3v) is 5.27. The Morgan fingerprint density at radius 2 is 2.04 bits per heavy atom. The van der Waals surface area contributed by atoms with E-state index in [1.54, 1.807) is 30.3 Å². The van der Waals surface area contributed by atoms with Crippen molar-refractivity contribution in [3.05, 3.63) is 48.5 Å². The number of rotatable bonds is 3. The molecule has 1 saturated carbocycles. The standard InChI is InChI=1S/C18H17N5O5/c19-14-11-15(21-7-20-14)23(8-22-11)16-12(24)13(25)18(28-16)6-10(18)27-17(26)9-4-2-1-3-5-9/h1-5,7-8,10,12-13,16,24-25H,6H2,(H2,19,20,21)/t10-,12?,13-,16?,18-/m1/s1. The van der Waals surface area contributed by atoms with E-state index < -0.39 is 36.1 Å². The van der Waals surface area contributed by atoms with E-state index in [1.807, 2.05) is 0 Å². The molecule has 4 N–H and O–H groups in total. The fraction of sp³-hybridized carbons (Fsp3) is 0.333. The third kappa shape index (κ3) is 2.39. The lowest BCUT2D eigenvalue weighted by Crippen LogP contribution is -2.35. The summed E-state index contributed by atoms with van der Waals surface area (Å²) in [6.07, 6.45) is -1.12. The molecule has 144 valence electrons. The van der Waals surface area contributed by atoms with Gasteiger partial charge in [-0.25, -0.2) is 19.7 Å². The predicted octanol–water partition coefficient (Wildman–Crippen LogP) is 0.0272. The maximum Gasteiger partial charge on any atom is 0.338 e. The maximum atomic E-state index is 12.3. The SMILES string of the molecule is Nc1ncnc2c1ncn2C1O[C@@]2(C[C@H]2OC(=O)c2ccccc2)[C@H](O)C1O. The van der Waals surface area contributed by atoms with E-state index in [9.17, 15) is 15.0 Å². The number of nitrogens with two attached hydrogens (primary N) is 1. The van der Waals surface area contributed by atoms with Crippen molar-refractivity contribution in [2.75, 3.05) is 5.73 Å². The molecule has 2 aliphatic rings. The zero-order valence-corrected chi connectivity index (χ0v) is 14.5. The second-order valence-electron chi connectivity index (χ2n) is 6.95. The molecule has 5 atom stereocenters. The second kappa shape index (κ2) is 5.96. The fourth-order valence-corrected chi connectivity index (χ4v) is 3.67. The van der Waals surface area contributed by atoms with Crippen molar-refractivity contribution >= 4 is 23.0 Å². The number of ether oxygens (including phenoxy) is 2. The monoisotopic (exact) mass is 383 g/mol. The largest absolute Gasteiger partial charge is 0.455 e. The molecule has 1 aromatic carbocycles. The topological polar surface area (TPSA) is 146 Å². The number of aliphatic hydroxyl groups excluding tert-OH is 2. The van der Waals surface area contributed by atoms with E-state index in [-0.39, 0.29) is 12.2 Å². The van der Waals surface area contributed by atoms with Crippen molar-refractivity contribution in [3.8, 4) is 0 Å². The number of aliphatic hydroxyl groups is 2. The molecule has 0 amide bonds. The van der Waals surface area contributed by atoms with Gasteiger partial charge in [-0.05, 0) is 12.1 Å². The van der Waals surface area contributed by atoms with E-state index in [4.69, 9.17) is 15.2 Å². The molecular weight excluding hydrogens is 366 g/mol.